The average Bonchev–Trinajstić information content (AvgIpc) is 3.30. The molecule has 24 heavy (non-hydrogen) atoms. The molecule has 2 aromatic heterocycles. The molecule has 0 radical (unpaired) electrons. The van der Waals surface area contributed by atoms with E-state index in [1.54, 1.807) is 12.3 Å². The number of hydrogen-bond acceptors (Lipinski definition) is 4. The summed E-state index contributed by atoms with van der Waals surface area (Å²) in [6, 6.07) is 4.10. The van der Waals surface area contributed by atoms with Gasteiger partial charge in [0.2, 0.25) is 0 Å². The van der Waals surface area contributed by atoms with Crippen LogP contribution in [0.1, 0.15) is 57.7 Å². The quantitative estimate of drug-likeness (QED) is 0.894. The van der Waals surface area contributed by atoms with Crippen LogP contribution >= 0.6 is 0 Å². The smallest absolute Gasteiger partial charge is 0.172 e. The van der Waals surface area contributed by atoms with Crippen molar-refractivity contribution in [2.75, 3.05) is 5.73 Å². The zero-order chi connectivity index (χ0) is 16.7. The minimum absolute atomic E-state index is 0.378. The summed E-state index contributed by atoms with van der Waals surface area (Å²) < 4.78 is 8.18. The standard InChI is InChI=1S/C19H24N4O/c1-19(2)8-5-13(6-9-19)18-16(12-23(22-18)14-3-4-14)24-15-7-10-21-17(20)11-15/h5,7,10-12,14H,3-4,6,8-9H2,1-2H3,(H2,20,21). The molecule has 2 N–H and O–H groups in total. The first-order valence-electron chi connectivity index (χ1n) is 8.68. The topological polar surface area (TPSA) is 66.0 Å². The number of anilines is 1. The Hall–Kier alpha value is -2.30. The van der Waals surface area contributed by atoms with Crippen molar-refractivity contribution in [1.82, 2.24) is 14.8 Å². The Kier molecular flexibility index (Phi) is 3.59. The van der Waals surface area contributed by atoms with Crippen molar-refractivity contribution in [3.05, 3.63) is 36.3 Å². The third-order valence-corrected chi connectivity index (χ3v) is 4.88. The van der Waals surface area contributed by atoms with Gasteiger partial charge in [-0.3, -0.25) is 4.68 Å². The van der Waals surface area contributed by atoms with E-state index < -0.39 is 0 Å². The Balaban J connectivity index is 1.66. The van der Waals surface area contributed by atoms with Crippen LogP contribution in [-0.4, -0.2) is 14.8 Å². The van der Waals surface area contributed by atoms with Gasteiger partial charge in [-0.2, -0.15) is 5.10 Å². The maximum absolute atomic E-state index is 6.11. The SMILES string of the molecule is CC1(C)CC=C(c2nn(C3CC3)cc2Oc2ccnc(N)c2)CC1. The Morgan fingerprint density at radius 2 is 2.17 bits per heavy atom. The molecule has 0 atom stereocenters. The number of nitrogens with zero attached hydrogens (tertiary/aromatic N) is 3. The summed E-state index contributed by atoms with van der Waals surface area (Å²) in [7, 11) is 0. The molecule has 2 heterocycles. The van der Waals surface area contributed by atoms with Gasteiger partial charge >= 0.3 is 0 Å². The first-order chi connectivity index (χ1) is 11.5. The van der Waals surface area contributed by atoms with E-state index in [0.29, 0.717) is 23.0 Å². The lowest BCUT2D eigenvalue weighted by Crippen LogP contribution is -2.14. The number of pyridine rings is 1. The molecule has 1 fully saturated rings. The molecule has 1 saturated carbocycles. The van der Waals surface area contributed by atoms with Gasteiger partial charge in [0.1, 0.15) is 17.3 Å². The third-order valence-electron chi connectivity index (χ3n) is 4.88. The molecule has 0 aliphatic heterocycles. The molecule has 2 aliphatic rings. The van der Waals surface area contributed by atoms with Gasteiger partial charge in [0.25, 0.3) is 0 Å². The van der Waals surface area contributed by atoms with Crippen molar-refractivity contribution in [2.45, 2.75) is 52.0 Å². The van der Waals surface area contributed by atoms with Gasteiger partial charge in [-0.05, 0) is 49.2 Å². The minimum Gasteiger partial charge on any atom is -0.453 e. The zero-order valence-corrected chi connectivity index (χ0v) is 14.3. The second kappa shape index (κ2) is 5.65. The van der Waals surface area contributed by atoms with Crippen molar-refractivity contribution in [2.24, 2.45) is 5.41 Å². The second-order valence-electron chi connectivity index (χ2n) is 7.67. The molecule has 2 aromatic rings. The van der Waals surface area contributed by atoms with E-state index >= 15 is 0 Å². The van der Waals surface area contributed by atoms with Gasteiger partial charge in [-0.1, -0.05) is 19.9 Å². The fraction of sp³-hybridized carbons (Fsp3) is 0.474. The Morgan fingerprint density at radius 1 is 1.33 bits per heavy atom. The molecule has 4 rings (SSSR count). The summed E-state index contributed by atoms with van der Waals surface area (Å²) in [5.74, 6) is 1.98. The lowest BCUT2D eigenvalue weighted by atomic mass is 9.78. The molecule has 2 aliphatic carbocycles. The van der Waals surface area contributed by atoms with E-state index in [-0.39, 0.29) is 0 Å². The fourth-order valence-corrected chi connectivity index (χ4v) is 3.11. The summed E-state index contributed by atoms with van der Waals surface area (Å²) in [4.78, 5) is 4.02. The van der Waals surface area contributed by atoms with E-state index in [1.165, 1.54) is 24.8 Å². The molecular formula is C19H24N4O. The zero-order valence-electron chi connectivity index (χ0n) is 14.3. The number of hydrogen-bond donors (Lipinski definition) is 1. The van der Waals surface area contributed by atoms with Gasteiger partial charge in [0.05, 0.1) is 12.2 Å². The van der Waals surface area contributed by atoms with Crippen LogP contribution in [0.4, 0.5) is 5.82 Å². The highest BCUT2D eigenvalue weighted by Gasteiger charge is 2.29. The first-order valence-corrected chi connectivity index (χ1v) is 8.68. The normalized spacial score (nSPS) is 19.8. The molecule has 0 unspecified atom stereocenters. The van der Waals surface area contributed by atoms with Gasteiger partial charge < -0.3 is 10.5 Å². The van der Waals surface area contributed by atoms with Gasteiger partial charge in [-0.25, -0.2) is 4.98 Å². The Bertz CT molecular complexity index is 786. The summed E-state index contributed by atoms with van der Waals surface area (Å²) >= 11 is 0. The number of ether oxygens (including phenoxy) is 1. The summed E-state index contributed by atoms with van der Waals surface area (Å²) in [5.41, 5.74) is 8.42. The molecule has 5 nitrogen and oxygen atoms in total. The number of allylic oxidation sites excluding steroid dienone is 2. The van der Waals surface area contributed by atoms with Crippen LogP contribution in [0, 0.1) is 5.41 Å². The van der Waals surface area contributed by atoms with Crippen LogP contribution in [0.3, 0.4) is 0 Å². The highest BCUT2D eigenvalue weighted by Crippen LogP contribution is 2.43. The number of nitrogen functional groups attached to an aromatic ring is 1. The van der Waals surface area contributed by atoms with Crippen molar-refractivity contribution in [1.29, 1.82) is 0 Å². The third kappa shape index (κ3) is 3.16. The molecule has 0 bridgehead atoms. The van der Waals surface area contributed by atoms with Crippen LogP contribution in [-0.2, 0) is 0 Å². The summed E-state index contributed by atoms with van der Waals surface area (Å²) in [5, 5.41) is 4.84. The molecule has 5 heteroatoms. The number of aromatic nitrogens is 3. The van der Waals surface area contributed by atoms with E-state index in [0.717, 1.165) is 24.3 Å². The molecular weight excluding hydrogens is 300 g/mol. The largest absolute Gasteiger partial charge is 0.453 e. The Morgan fingerprint density at radius 3 is 2.83 bits per heavy atom. The summed E-state index contributed by atoms with van der Waals surface area (Å²) in [6.45, 7) is 4.64. The Labute approximate surface area is 142 Å². The van der Waals surface area contributed by atoms with E-state index in [9.17, 15) is 0 Å². The van der Waals surface area contributed by atoms with Crippen LogP contribution in [0.25, 0.3) is 5.57 Å². The molecule has 0 aromatic carbocycles. The van der Waals surface area contributed by atoms with Crippen molar-refractivity contribution in [3.63, 3.8) is 0 Å². The van der Waals surface area contributed by atoms with Gasteiger partial charge in [-0.15, -0.1) is 0 Å². The first kappa shape index (κ1) is 15.2. The lowest BCUT2D eigenvalue weighted by molar-refractivity contribution is 0.334. The van der Waals surface area contributed by atoms with Crippen molar-refractivity contribution >= 4 is 11.4 Å². The summed E-state index contributed by atoms with van der Waals surface area (Å²) in [6.07, 6.45) is 11.7. The lowest BCUT2D eigenvalue weighted by Gasteiger charge is -2.28. The highest BCUT2D eigenvalue weighted by molar-refractivity contribution is 5.68. The molecule has 126 valence electrons. The highest BCUT2D eigenvalue weighted by atomic mass is 16.5. The number of nitrogens with two attached hydrogens (primary N) is 1. The molecule has 0 amide bonds. The number of rotatable bonds is 4. The molecule has 0 spiro atoms. The fourth-order valence-electron chi connectivity index (χ4n) is 3.11. The average molecular weight is 324 g/mol. The van der Waals surface area contributed by atoms with E-state index in [4.69, 9.17) is 15.6 Å². The van der Waals surface area contributed by atoms with Crippen molar-refractivity contribution in [3.8, 4) is 11.5 Å². The van der Waals surface area contributed by atoms with Crippen LogP contribution in [0.2, 0.25) is 0 Å². The maximum atomic E-state index is 6.11. The second-order valence-corrected chi connectivity index (χ2v) is 7.67. The predicted molar refractivity (Wildman–Crippen MR) is 94.8 cm³/mol. The maximum Gasteiger partial charge on any atom is 0.172 e. The van der Waals surface area contributed by atoms with E-state index in [2.05, 4.69) is 29.6 Å². The van der Waals surface area contributed by atoms with Gasteiger partial charge in [0.15, 0.2) is 5.75 Å². The van der Waals surface area contributed by atoms with Crippen LogP contribution in [0.5, 0.6) is 11.5 Å². The molecule has 0 saturated heterocycles. The monoisotopic (exact) mass is 324 g/mol. The van der Waals surface area contributed by atoms with Crippen LogP contribution in [0.15, 0.2) is 30.6 Å². The predicted octanol–water partition coefficient (Wildman–Crippen LogP) is 4.58. The van der Waals surface area contributed by atoms with Gasteiger partial charge in [0, 0.05) is 12.3 Å². The minimum atomic E-state index is 0.378. The van der Waals surface area contributed by atoms with E-state index in [1.807, 2.05) is 12.3 Å². The van der Waals surface area contributed by atoms with Crippen LogP contribution < -0.4 is 10.5 Å². The van der Waals surface area contributed by atoms with Crippen molar-refractivity contribution < 1.29 is 4.74 Å².